The average molecular weight is 285 g/mol. The van der Waals surface area contributed by atoms with E-state index in [4.69, 9.17) is 10.6 Å². The summed E-state index contributed by atoms with van der Waals surface area (Å²) in [7, 11) is -3.50. The van der Waals surface area contributed by atoms with Crippen molar-refractivity contribution in [2.75, 3.05) is 18.6 Å². The smallest absolute Gasteiger partial charge is 0.240 e. The number of hydrazine groups is 1. The Morgan fingerprint density at radius 2 is 2.05 bits per heavy atom. The van der Waals surface area contributed by atoms with Crippen molar-refractivity contribution >= 4 is 15.7 Å². The van der Waals surface area contributed by atoms with Gasteiger partial charge in [0.2, 0.25) is 10.0 Å². The van der Waals surface area contributed by atoms with Gasteiger partial charge < -0.3 is 10.2 Å². The Kier molecular flexibility index (Phi) is 4.41. The van der Waals surface area contributed by atoms with Crippen LogP contribution in [0.4, 0.5) is 5.69 Å². The molecule has 1 aliphatic rings. The molecule has 19 heavy (non-hydrogen) atoms. The van der Waals surface area contributed by atoms with Crippen molar-refractivity contribution in [3.8, 4) is 0 Å². The summed E-state index contributed by atoms with van der Waals surface area (Å²) >= 11 is 0. The highest BCUT2D eigenvalue weighted by atomic mass is 32.2. The average Bonchev–Trinajstić information content (AvgIpc) is 2.92. The van der Waals surface area contributed by atoms with Crippen LogP contribution in [-0.4, -0.2) is 27.7 Å². The van der Waals surface area contributed by atoms with Gasteiger partial charge in [0.1, 0.15) is 0 Å². The molecule has 0 spiro atoms. The second kappa shape index (κ2) is 5.87. The van der Waals surface area contributed by atoms with Crippen LogP contribution in [0.5, 0.6) is 0 Å². The number of nitrogens with one attached hydrogen (secondary N) is 2. The summed E-state index contributed by atoms with van der Waals surface area (Å²) in [6, 6.07) is 6.15. The highest BCUT2D eigenvalue weighted by molar-refractivity contribution is 7.89. The lowest BCUT2D eigenvalue weighted by Crippen LogP contribution is -2.38. The minimum Gasteiger partial charge on any atom is -0.381 e. The van der Waals surface area contributed by atoms with Crippen molar-refractivity contribution in [1.82, 2.24) is 4.72 Å². The van der Waals surface area contributed by atoms with Crippen molar-refractivity contribution in [2.45, 2.75) is 24.3 Å². The van der Waals surface area contributed by atoms with Gasteiger partial charge in [-0.05, 0) is 37.6 Å². The van der Waals surface area contributed by atoms with Gasteiger partial charge in [0, 0.05) is 24.3 Å². The Bertz CT molecular complexity index is 510. The van der Waals surface area contributed by atoms with Gasteiger partial charge in [-0.1, -0.05) is 0 Å². The zero-order valence-corrected chi connectivity index (χ0v) is 11.6. The number of sulfonamides is 1. The normalized spacial score (nSPS) is 21.3. The summed E-state index contributed by atoms with van der Waals surface area (Å²) in [5.74, 6) is 5.48. The zero-order valence-electron chi connectivity index (χ0n) is 10.8. The molecule has 1 aromatic carbocycles. The molecule has 1 heterocycles. The number of rotatable bonds is 5. The third-order valence-electron chi connectivity index (χ3n) is 3.34. The van der Waals surface area contributed by atoms with E-state index in [1.165, 1.54) is 12.1 Å². The molecule has 0 aromatic heterocycles. The fraction of sp³-hybridized carbons (Fsp3) is 0.500. The molecule has 1 aliphatic heterocycles. The molecule has 0 saturated carbocycles. The third-order valence-corrected chi connectivity index (χ3v) is 4.92. The highest BCUT2D eigenvalue weighted by Crippen LogP contribution is 2.19. The Labute approximate surface area is 113 Å². The van der Waals surface area contributed by atoms with Gasteiger partial charge in [-0.15, -0.1) is 0 Å². The second-order valence-corrected chi connectivity index (χ2v) is 6.42. The summed E-state index contributed by atoms with van der Waals surface area (Å²) in [5, 5.41) is 0. The van der Waals surface area contributed by atoms with Crippen LogP contribution in [-0.2, 0) is 14.8 Å². The molecule has 106 valence electrons. The van der Waals surface area contributed by atoms with Crippen LogP contribution in [0.25, 0.3) is 0 Å². The molecular formula is C12H19N3O3S. The van der Waals surface area contributed by atoms with E-state index in [1.54, 1.807) is 12.1 Å². The van der Waals surface area contributed by atoms with Crippen LogP contribution in [0.3, 0.4) is 0 Å². The summed E-state index contributed by atoms with van der Waals surface area (Å²) in [6.07, 6.45) is 0.889. The molecule has 1 aromatic rings. The minimum absolute atomic E-state index is 0.139. The van der Waals surface area contributed by atoms with Crippen molar-refractivity contribution in [3.63, 3.8) is 0 Å². The van der Waals surface area contributed by atoms with E-state index in [9.17, 15) is 8.42 Å². The highest BCUT2D eigenvalue weighted by Gasteiger charge is 2.26. The summed E-state index contributed by atoms with van der Waals surface area (Å²) in [5.41, 5.74) is 3.12. The van der Waals surface area contributed by atoms with Gasteiger partial charge >= 0.3 is 0 Å². The van der Waals surface area contributed by atoms with Gasteiger partial charge in [0.25, 0.3) is 0 Å². The van der Waals surface area contributed by atoms with E-state index in [0.717, 1.165) is 6.42 Å². The van der Waals surface area contributed by atoms with Crippen molar-refractivity contribution in [2.24, 2.45) is 11.8 Å². The number of nitrogens with two attached hydrogens (primary N) is 1. The Hall–Kier alpha value is -1.15. The molecule has 0 bridgehead atoms. The first-order valence-electron chi connectivity index (χ1n) is 6.19. The molecule has 2 rings (SSSR count). The lowest BCUT2D eigenvalue weighted by molar-refractivity contribution is 0.180. The van der Waals surface area contributed by atoms with E-state index < -0.39 is 10.0 Å². The Morgan fingerprint density at radius 1 is 1.37 bits per heavy atom. The van der Waals surface area contributed by atoms with Crippen LogP contribution in [0.2, 0.25) is 0 Å². The van der Waals surface area contributed by atoms with Crippen LogP contribution in [0.1, 0.15) is 13.3 Å². The number of hydrogen-bond donors (Lipinski definition) is 3. The maximum atomic E-state index is 12.2. The van der Waals surface area contributed by atoms with Crippen molar-refractivity contribution in [3.05, 3.63) is 24.3 Å². The molecule has 0 radical (unpaired) electrons. The first kappa shape index (κ1) is 14.3. The van der Waals surface area contributed by atoms with Gasteiger partial charge in [-0.3, -0.25) is 5.84 Å². The predicted molar refractivity (Wildman–Crippen MR) is 73.0 cm³/mol. The summed E-state index contributed by atoms with van der Waals surface area (Å²) in [4.78, 5) is 0.234. The molecular weight excluding hydrogens is 266 g/mol. The second-order valence-electron chi connectivity index (χ2n) is 4.70. The molecule has 4 N–H and O–H groups in total. The predicted octanol–water partition coefficient (Wildman–Crippen LogP) is 0.675. The molecule has 0 amide bonds. The largest absolute Gasteiger partial charge is 0.381 e. The molecule has 0 aliphatic carbocycles. The van der Waals surface area contributed by atoms with Gasteiger partial charge in [-0.2, -0.15) is 0 Å². The number of ether oxygens (including phenoxy) is 1. The Morgan fingerprint density at radius 3 is 2.58 bits per heavy atom. The van der Waals surface area contributed by atoms with Crippen LogP contribution < -0.4 is 16.0 Å². The third kappa shape index (κ3) is 3.44. The summed E-state index contributed by atoms with van der Waals surface area (Å²) in [6.45, 7) is 3.18. The Balaban J connectivity index is 2.08. The standard InChI is InChI=1S/C12H19N3O3S/c1-9(10-6-7-18-8-10)15-19(16,17)12-4-2-11(14-13)3-5-12/h2-5,9-10,14-15H,6-8,13H2,1H3. The molecule has 1 saturated heterocycles. The number of nitrogen functional groups attached to an aromatic ring is 1. The monoisotopic (exact) mass is 285 g/mol. The summed E-state index contributed by atoms with van der Waals surface area (Å²) < 4.78 is 32.4. The lowest BCUT2D eigenvalue weighted by Gasteiger charge is -2.19. The fourth-order valence-electron chi connectivity index (χ4n) is 2.09. The maximum Gasteiger partial charge on any atom is 0.240 e. The quantitative estimate of drug-likeness (QED) is 0.546. The number of hydrogen-bond acceptors (Lipinski definition) is 5. The number of benzene rings is 1. The van der Waals surface area contributed by atoms with Crippen LogP contribution in [0.15, 0.2) is 29.2 Å². The number of anilines is 1. The first-order valence-corrected chi connectivity index (χ1v) is 7.68. The molecule has 1 fully saturated rings. The first-order chi connectivity index (χ1) is 9.03. The van der Waals surface area contributed by atoms with Gasteiger partial charge in [0.05, 0.1) is 11.5 Å². The minimum atomic E-state index is -3.50. The SMILES string of the molecule is CC(NS(=O)(=O)c1ccc(NN)cc1)C1CCOC1. The van der Waals surface area contributed by atoms with E-state index in [2.05, 4.69) is 10.1 Å². The van der Waals surface area contributed by atoms with E-state index in [0.29, 0.717) is 18.9 Å². The topological polar surface area (TPSA) is 93.5 Å². The lowest BCUT2D eigenvalue weighted by atomic mass is 10.0. The van der Waals surface area contributed by atoms with Crippen molar-refractivity contribution < 1.29 is 13.2 Å². The van der Waals surface area contributed by atoms with E-state index in [-0.39, 0.29) is 16.9 Å². The molecule has 7 heteroatoms. The van der Waals surface area contributed by atoms with Gasteiger partial charge in [0.15, 0.2) is 0 Å². The van der Waals surface area contributed by atoms with E-state index >= 15 is 0 Å². The zero-order chi connectivity index (χ0) is 13.9. The molecule has 2 atom stereocenters. The van der Waals surface area contributed by atoms with Crippen LogP contribution in [0, 0.1) is 5.92 Å². The van der Waals surface area contributed by atoms with Gasteiger partial charge in [-0.25, -0.2) is 13.1 Å². The maximum absolute atomic E-state index is 12.2. The molecule has 6 nitrogen and oxygen atoms in total. The van der Waals surface area contributed by atoms with Crippen LogP contribution >= 0.6 is 0 Å². The van der Waals surface area contributed by atoms with E-state index in [1.807, 2.05) is 6.92 Å². The van der Waals surface area contributed by atoms with Crippen molar-refractivity contribution in [1.29, 1.82) is 0 Å². The molecule has 2 unspecified atom stereocenters. The fourth-order valence-corrected chi connectivity index (χ4v) is 3.40.